The van der Waals surface area contributed by atoms with Gasteiger partial charge in [0, 0.05) is 57.8 Å². The summed E-state index contributed by atoms with van der Waals surface area (Å²) in [6.45, 7) is 6.03. The van der Waals surface area contributed by atoms with Gasteiger partial charge in [-0.1, -0.05) is 58.0 Å². The van der Waals surface area contributed by atoms with Crippen LogP contribution in [0.3, 0.4) is 0 Å². The number of carbonyl (C=O) groups excluding carboxylic acids is 7. The standard InChI is InChI=1S/C47H58N8O13S4/c1-41(2,3)68-39(62)49-18-21-65-23-22-64-20-17-48-32(57)16-10-11-19-66-40(63)67-27-47-38(61)55-34-43(29-13-7-9-15-31(29)51-34,25-45(55,70-72-47)36(59)53(47)5)42-24-44-35(58)52(4)46(26-56,71-69-44)37(60)54(44)33(42)50-30-14-8-6-12-28(30)42/h6-9,12-15,33-34,50-51,56H,10-11,16-27H2,1-5H3,(H,48,57)(H,49,62). The lowest BCUT2D eigenvalue weighted by Crippen LogP contribution is -2.77. The Bertz CT molecular complexity index is 2600. The molecule has 21 nitrogen and oxygen atoms in total. The third-order valence-electron chi connectivity index (χ3n) is 15.0. The molecule has 12 rings (SSSR count). The Morgan fingerprint density at radius 2 is 1.19 bits per heavy atom. The van der Waals surface area contributed by atoms with Gasteiger partial charge in [0.1, 0.15) is 24.5 Å². The number of aliphatic hydroxyl groups excluding tert-OH is 1. The van der Waals surface area contributed by atoms with Crippen molar-refractivity contribution in [3.63, 3.8) is 0 Å². The van der Waals surface area contributed by atoms with Crippen LogP contribution in [0.25, 0.3) is 0 Å². The minimum atomic E-state index is -1.67. The van der Waals surface area contributed by atoms with Gasteiger partial charge in [-0.05, 0) is 78.5 Å². The molecule has 8 unspecified atom stereocenters. The van der Waals surface area contributed by atoms with E-state index in [0.717, 1.165) is 33.3 Å². The van der Waals surface area contributed by atoms with Gasteiger partial charge in [-0.25, -0.2) is 9.59 Å². The number of aliphatic hydroxyl groups is 1. The average molecular weight is 1070 g/mol. The molecule has 0 aromatic heterocycles. The van der Waals surface area contributed by atoms with Crippen molar-refractivity contribution in [1.29, 1.82) is 0 Å². The highest BCUT2D eigenvalue weighted by molar-refractivity contribution is 8.78. The van der Waals surface area contributed by atoms with Crippen molar-refractivity contribution in [1.82, 2.24) is 30.2 Å². The third kappa shape index (κ3) is 7.35. The first kappa shape index (κ1) is 50.7. The number of carbonyl (C=O) groups is 7. The lowest BCUT2D eigenvalue weighted by Gasteiger charge is -2.58. The van der Waals surface area contributed by atoms with Crippen LogP contribution in [0.1, 0.15) is 64.0 Å². The lowest BCUT2D eigenvalue weighted by atomic mass is 9.54. The van der Waals surface area contributed by atoms with E-state index in [0.29, 0.717) is 45.8 Å². The van der Waals surface area contributed by atoms with E-state index in [2.05, 4.69) is 21.3 Å². The maximum atomic E-state index is 15.5. The molecule has 2 aromatic carbocycles. The number of benzene rings is 2. The fourth-order valence-electron chi connectivity index (χ4n) is 11.9. The van der Waals surface area contributed by atoms with Gasteiger partial charge in [0.25, 0.3) is 23.6 Å². The van der Waals surface area contributed by atoms with Crippen molar-refractivity contribution in [2.24, 2.45) is 0 Å². The van der Waals surface area contributed by atoms with E-state index in [1.165, 1.54) is 42.2 Å². The molecule has 0 radical (unpaired) electrons. The number of nitrogens with zero attached hydrogens (tertiary/aromatic N) is 4. The monoisotopic (exact) mass is 1070 g/mol. The molecule has 5 N–H and O–H groups in total. The van der Waals surface area contributed by atoms with Crippen molar-refractivity contribution >= 4 is 96.3 Å². The molecule has 25 heteroatoms. The first-order valence-electron chi connectivity index (χ1n) is 23.9. The molecule has 0 saturated carbocycles. The summed E-state index contributed by atoms with van der Waals surface area (Å²) in [4.78, 5) is 97.7. The summed E-state index contributed by atoms with van der Waals surface area (Å²) in [6, 6.07) is 15.5. The average Bonchev–Trinajstić information content (AvgIpc) is 4.04. The smallest absolute Gasteiger partial charge is 0.444 e. The van der Waals surface area contributed by atoms with Gasteiger partial charge in [-0.3, -0.25) is 33.8 Å². The van der Waals surface area contributed by atoms with Crippen molar-refractivity contribution in [3.05, 3.63) is 59.7 Å². The van der Waals surface area contributed by atoms with Gasteiger partial charge in [-0.2, -0.15) is 0 Å². The zero-order chi connectivity index (χ0) is 51.1. The summed E-state index contributed by atoms with van der Waals surface area (Å²) in [5, 5.41) is 23.6. The first-order valence-corrected chi connectivity index (χ1v) is 28.2. The Morgan fingerprint density at radius 1 is 0.681 bits per heavy atom. The molecule has 2 aromatic rings. The van der Waals surface area contributed by atoms with Crippen molar-refractivity contribution in [2.75, 3.05) is 84.1 Å². The number of piperazine rings is 2. The van der Waals surface area contributed by atoms with E-state index in [1.807, 2.05) is 48.5 Å². The van der Waals surface area contributed by atoms with Crippen LogP contribution in [0.5, 0.6) is 0 Å². The van der Waals surface area contributed by atoms with Gasteiger partial charge >= 0.3 is 12.2 Å². The van der Waals surface area contributed by atoms with E-state index in [9.17, 15) is 29.1 Å². The fourth-order valence-corrected chi connectivity index (χ4v) is 19.1. The topological polar surface area (TPSA) is 247 Å². The Morgan fingerprint density at radius 3 is 1.75 bits per heavy atom. The highest BCUT2D eigenvalue weighted by Crippen LogP contribution is 2.78. The molecule has 2 spiro atoms. The predicted octanol–water partition coefficient (Wildman–Crippen LogP) is 3.34. The first-order chi connectivity index (χ1) is 34.4. The number of likely N-dealkylation sites (N-methyl/N-ethyl adjacent to an activating group) is 2. The molecule has 10 aliphatic heterocycles. The maximum Gasteiger partial charge on any atom is 0.508 e. The number of rotatable bonds is 18. The molecule has 72 heavy (non-hydrogen) atoms. The number of unbranched alkanes of at least 4 members (excludes halogenated alkanes) is 1. The summed E-state index contributed by atoms with van der Waals surface area (Å²) in [6.07, 6.45) is -1.98. The molecule has 4 bridgehead atoms. The molecule has 6 amide bonds. The number of hydrogen-bond acceptors (Lipinski definition) is 19. The summed E-state index contributed by atoms with van der Waals surface area (Å²) < 4.78 is 27.1. The van der Waals surface area contributed by atoms with Crippen LogP contribution in [0, 0.1) is 0 Å². The number of amides is 6. The van der Waals surface area contributed by atoms with E-state index in [1.54, 1.807) is 44.7 Å². The van der Waals surface area contributed by atoms with Crippen molar-refractivity contribution in [3.8, 4) is 0 Å². The lowest BCUT2D eigenvalue weighted by molar-refractivity contribution is -0.166. The minimum absolute atomic E-state index is 0.0452. The Hall–Kier alpha value is -4.79. The zero-order valence-electron chi connectivity index (χ0n) is 40.4. The fraction of sp³-hybridized carbons (Fsp3) is 0.596. The molecule has 388 valence electrons. The molecule has 8 fully saturated rings. The van der Waals surface area contributed by atoms with Crippen LogP contribution in [-0.2, 0) is 58.5 Å². The van der Waals surface area contributed by atoms with E-state index >= 15 is 9.59 Å². The normalized spacial score (nSPS) is 32.1. The quantitative estimate of drug-likeness (QED) is 0.0816. The number of hydrogen-bond donors (Lipinski definition) is 5. The van der Waals surface area contributed by atoms with Crippen LogP contribution in [0.15, 0.2) is 48.5 Å². The van der Waals surface area contributed by atoms with E-state index in [4.69, 9.17) is 23.7 Å². The van der Waals surface area contributed by atoms with Crippen LogP contribution >= 0.6 is 43.2 Å². The number of fused-ring (bicyclic) bond motifs is 11. The zero-order valence-corrected chi connectivity index (χ0v) is 43.7. The van der Waals surface area contributed by atoms with Gasteiger partial charge in [0.2, 0.25) is 15.6 Å². The van der Waals surface area contributed by atoms with Gasteiger partial charge in [0.15, 0.2) is 9.74 Å². The maximum absolute atomic E-state index is 15.5. The van der Waals surface area contributed by atoms with Crippen LogP contribution in [0.4, 0.5) is 21.0 Å². The second-order valence-electron chi connectivity index (χ2n) is 20.0. The molecule has 8 saturated heterocycles. The molecule has 10 heterocycles. The third-order valence-corrected chi connectivity index (χ3v) is 22.3. The number of ether oxygens (including phenoxy) is 5. The number of anilines is 2. The second-order valence-corrected chi connectivity index (χ2v) is 25.4. The van der Waals surface area contributed by atoms with Crippen molar-refractivity contribution in [2.45, 2.75) is 101 Å². The summed E-state index contributed by atoms with van der Waals surface area (Å²) in [5.41, 5.74) is 0.369. The second kappa shape index (κ2) is 18.5. The van der Waals surface area contributed by atoms with E-state index in [-0.39, 0.29) is 50.2 Å². The molecular formula is C47H58N8O13S4. The van der Waals surface area contributed by atoms with Gasteiger partial charge in [-0.15, -0.1) is 0 Å². The van der Waals surface area contributed by atoms with Crippen molar-refractivity contribution < 1.29 is 62.4 Å². The van der Waals surface area contributed by atoms with Crippen LogP contribution < -0.4 is 21.3 Å². The Kier molecular flexibility index (Phi) is 13.1. The molecule has 0 aliphatic carbocycles. The number of nitrogens with one attached hydrogen (secondary N) is 4. The molecular weight excluding hydrogens is 1010 g/mol. The molecule has 8 atom stereocenters. The Balaban J connectivity index is 0.780. The largest absolute Gasteiger partial charge is 0.508 e. The van der Waals surface area contributed by atoms with Crippen LogP contribution in [-0.4, -0.2) is 177 Å². The SMILES string of the molecule is CN1C(=O)C23CC4(C56CC78SSC(COC(=O)OCCCCC(=O)NCCOCCOCCNC(=O)OC(C)(C)C)(C(=O)N7C5Nc5ccccc56)N(C)C8=O)c5ccccc5NC4N2C(=O)C1(CO)SS3. The van der Waals surface area contributed by atoms with Gasteiger partial charge in [0.05, 0.1) is 50.5 Å². The number of para-hydroxylation sites is 2. The summed E-state index contributed by atoms with van der Waals surface area (Å²) in [5.74, 6) is -1.68. The van der Waals surface area contributed by atoms with Gasteiger partial charge < -0.3 is 59.9 Å². The summed E-state index contributed by atoms with van der Waals surface area (Å²) in [7, 11) is 8.00. The highest BCUT2D eigenvalue weighted by atomic mass is 33.1. The highest BCUT2D eigenvalue weighted by Gasteiger charge is 2.88. The Labute approximate surface area is 431 Å². The minimum Gasteiger partial charge on any atom is -0.444 e. The molecule has 10 aliphatic rings. The predicted molar refractivity (Wildman–Crippen MR) is 268 cm³/mol. The van der Waals surface area contributed by atoms with E-state index < -0.39 is 85.5 Å². The van der Waals surface area contributed by atoms with Crippen LogP contribution in [0.2, 0.25) is 0 Å². The number of alkyl carbamates (subject to hydrolysis) is 1. The summed E-state index contributed by atoms with van der Waals surface area (Å²) >= 11 is 0.